The van der Waals surface area contributed by atoms with Crippen LogP contribution in [0.4, 0.5) is 0 Å². The Balaban J connectivity index is 2.77. The summed E-state index contributed by atoms with van der Waals surface area (Å²) in [6, 6.07) is 2.23. The Kier molecular flexibility index (Phi) is 2.85. The second-order valence-corrected chi connectivity index (χ2v) is 7.51. The monoisotopic (exact) mass is 296 g/mol. The first-order valence-corrected chi connectivity index (χ1v) is 6.91. The van der Waals surface area contributed by atoms with Crippen molar-refractivity contribution in [3.05, 3.63) is 27.2 Å². The second-order valence-electron chi connectivity index (χ2n) is 6.66. The van der Waals surface area contributed by atoms with Crippen LogP contribution in [0.25, 0.3) is 0 Å². The van der Waals surface area contributed by atoms with Gasteiger partial charge in [0, 0.05) is 21.0 Å². The summed E-state index contributed by atoms with van der Waals surface area (Å²) in [5.74, 6) is 1.11. The molecule has 0 aliphatic carbocycles. The molecule has 94 valence electrons. The zero-order valence-electron chi connectivity index (χ0n) is 11.6. The highest BCUT2D eigenvalue weighted by atomic mass is 79.9. The Morgan fingerprint density at radius 1 is 1.29 bits per heavy atom. The normalized spacial score (nSPS) is 17.8. The molecule has 0 N–H and O–H groups in total. The number of ether oxygens (including phenoxy) is 1. The van der Waals surface area contributed by atoms with Gasteiger partial charge in [-0.3, -0.25) is 0 Å². The van der Waals surface area contributed by atoms with Crippen LogP contribution in [0, 0.1) is 6.92 Å². The molecule has 0 amide bonds. The maximum absolute atomic E-state index is 5.99. The van der Waals surface area contributed by atoms with E-state index in [1.807, 2.05) is 0 Å². The zero-order chi connectivity index (χ0) is 13.0. The average molecular weight is 297 g/mol. The van der Waals surface area contributed by atoms with Gasteiger partial charge in [-0.25, -0.2) is 0 Å². The molecule has 0 radical (unpaired) electrons. The minimum atomic E-state index is 0.109. The minimum Gasteiger partial charge on any atom is -0.492 e. The van der Waals surface area contributed by atoms with Gasteiger partial charge >= 0.3 is 0 Å². The molecule has 1 aromatic carbocycles. The fourth-order valence-corrected chi connectivity index (χ4v) is 3.04. The first-order valence-electron chi connectivity index (χ1n) is 6.11. The fourth-order valence-electron chi connectivity index (χ4n) is 2.61. The molecule has 0 saturated heterocycles. The summed E-state index contributed by atoms with van der Waals surface area (Å²) < 4.78 is 7.18. The van der Waals surface area contributed by atoms with E-state index in [1.165, 1.54) is 21.2 Å². The van der Waals surface area contributed by atoms with Gasteiger partial charge in [0.05, 0.1) is 6.61 Å². The lowest BCUT2D eigenvalue weighted by molar-refractivity contribution is 0.286. The van der Waals surface area contributed by atoms with Crippen molar-refractivity contribution in [3.8, 4) is 5.75 Å². The third kappa shape index (κ3) is 2.01. The van der Waals surface area contributed by atoms with Crippen LogP contribution >= 0.6 is 15.9 Å². The lowest BCUT2D eigenvalue weighted by atomic mass is 9.78. The largest absolute Gasteiger partial charge is 0.492 e. The van der Waals surface area contributed by atoms with Crippen LogP contribution in [0.1, 0.15) is 51.3 Å². The van der Waals surface area contributed by atoms with Crippen molar-refractivity contribution in [3.63, 3.8) is 0 Å². The average Bonchev–Trinajstić information content (AvgIpc) is 2.43. The van der Waals surface area contributed by atoms with E-state index in [0.717, 1.165) is 12.4 Å². The minimum absolute atomic E-state index is 0.109. The van der Waals surface area contributed by atoms with Gasteiger partial charge in [-0.2, -0.15) is 0 Å². The van der Waals surface area contributed by atoms with E-state index in [4.69, 9.17) is 4.74 Å². The number of hydrogen-bond acceptors (Lipinski definition) is 1. The predicted octanol–water partition coefficient (Wildman–Crippen LogP) is 4.73. The summed E-state index contributed by atoms with van der Waals surface area (Å²) in [4.78, 5) is 0. The first-order chi connectivity index (χ1) is 7.64. The number of rotatable bonds is 0. The number of hydrogen-bond donors (Lipinski definition) is 0. The smallest absolute Gasteiger partial charge is 0.127 e. The Morgan fingerprint density at radius 2 is 1.88 bits per heavy atom. The van der Waals surface area contributed by atoms with E-state index in [-0.39, 0.29) is 10.8 Å². The maximum Gasteiger partial charge on any atom is 0.127 e. The standard InChI is InChI=1S/C15H21BrO/c1-9-11(16)7-10-13(12(9)14(2,3)4)17-8-15(10,5)6/h7H,8H2,1-6H3. The van der Waals surface area contributed by atoms with Crippen LogP contribution < -0.4 is 4.74 Å². The molecule has 0 atom stereocenters. The summed E-state index contributed by atoms with van der Waals surface area (Å²) in [5, 5.41) is 0. The molecular weight excluding hydrogens is 276 g/mol. The van der Waals surface area contributed by atoms with Crippen molar-refractivity contribution in [1.82, 2.24) is 0 Å². The molecule has 17 heavy (non-hydrogen) atoms. The molecule has 0 aromatic heterocycles. The topological polar surface area (TPSA) is 9.23 Å². The van der Waals surface area contributed by atoms with E-state index in [9.17, 15) is 0 Å². The van der Waals surface area contributed by atoms with Crippen molar-refractivity contribution < 1.29 is 4.74 Å². The van der Waals surface area contributed by atoms with Gasteiger partial charge in [0.15, 0.2) is 0 Å². The van der Waals surface area contributed by atoms with Crippen LogP contribution in [0.5, 0.6) is 5.75 Å². The van der Waals surface area contributed by atoms with Crippen molar-refractivity contribution in [2.24, 2.45) is 0 Å². The van der Waals surface area contributed by atoms with E-state index in [1.54, 1.807) is 0 Å². The quantitative estimate of drug-likeness (QED) is 0.673. The molecule has 0 unspecified atom stereocenters. The summed E-state index contributed by atoms with van der Waals surface area (Å²) >= 11 is 3.69. The summed E-state index contributed by atoms with van der Waals surface area (Å²) in [7, 11) is 0. The predicted molar refractivity (Wildman–Crippen MR) is 76.1 cm³/mol. The molecule has 1 heterocycles. The zero-order valence-corrected chi connectivity index (χ0v) is 13.2. The molecular formula is C15H21BrO. The van der Waals surface area contributed by atoms with Crippen molar-refractivity contribution >= 4 is 15.9 Å². The molecule has 0 saturated carbocycles. The fraction of sp³-hybridized carbons (Fsp3) is 0.600. The number of halogens is 1. The molecule has 2 heteroatoms. The van der Waals surface area contributed by atoms with Crippen LogP contribution in [0.2, 0.25) is 0 Å². The van der Waals surface area contributed by atoms with Gasteiger partial charge in [0.2, 0.25) is 0 Å². The van der Waals surface area contributed by atoms with Crippen LogP contribution in [0.3, 0.4) is 0 Å². The summed E-state index contributed by atoms with van der Waals surface area (Å²) in [5.41, 5.74) is 4.20. The molecule has 1 aromatic rings. The van der Waals surface area contributed by atoms with Gasteiger partial charge in [-0.05, 0) is 24.0 Å². The van der Waals surface area contributed by atoms with Crippen LogP contribution in [0.15, 0.2) is 10.5 Å². The first kappa shape index (κ1) is 12.9. The van der Waals surface area contributed by atoms with E-state index < -0.39 is 0 Å². The molecule has 0 bridgehead atoms. The SMILES string of the molecule is Cc1c(Br)cc2c(c1C(C)(C)C)OCC2(C)C. The highest BCUT2D eigenvalue weighted by Gasteiger charge is 2.37. The van der Waals surface area contributed by atoms with E-state index in [0.29, 0.717) is 0 Å². The lowest BCUT2D eigenvalue weighted by Gasteiger charge is -2.26. The molecule has 0 spiro atoms. The third-order valence-corrected chi connectivity index (χ3v) is 4.36. The molecule has 1 aliphatic rings. The van der Waals surface area contributed by atoms with Gasteiger partial charge < -0.3 is 4.74 Å². The van der Waals surface area contributed by atoms with E-state index >= 15 is 0 Å². The maximum atomic E-state index is 5.99. The van der Waals surface area contributed by atoms with Gasteiger partial charge in [0.25, 0.3) is 0 Å². The number of benzene rings is 1. The van der Waals surface area contributed by atoms with Crippen LogP contribution in [-0.4, -0.2) is 6.61 Å². The lowest BCUT2D eigenvalue weighted by Crippen LogP contribution is -2.18. The van der Waals surface area contributed by atoms with E-state index in [2.05, 4.69) is 63.5 Å². The van der Waals surface area contributed by atoms with Gasteiger partial charge in [-0.15, -0.1) is 0 Å². The molecule has 1 aliphatic heterocycles. The third-order valence-electron chi connectivity index (χ3n) is 3.53. The van der Waals surface area contributed by atoms with Crippen molar-refractivity contribution in [2.45, 2.75) is 52.4 Å². The van der Waals surface area contributed by atoms with Crippen LogP contribution in [-0.2, 0) is 10.8 Å². The summed E-state index contributed by atoms with van der Waals surface area (Å²) in [6.07, 6.45) is 0. The Morgan fingerprint density at radius 3 is 2.41 bits per heavy atom. The van der Waals surface area contributed by atoms with Crippen molar-refractivity contribution in [2.75, 3.05) is 6.61 Å². The van der Waals surface area contributed by atoms with Gasteiger partial charge in [0.1, 0.15) is 5.75 Å². The molecule has 1 nitrogen and oxygen atoms in total. The highest BCUT2D eigenvalue weighted by Crippen LogP contribution is 2.48. The van der Waals surface area contributed by atoms with Gasteiger partial charge in [-0.1, -0.05) is 50.5 Å². The Hall–Kier alpha value is -0.500. The molecule has 2 rings (SSSR count). The highest BCUT2D eigenvalue weighted by molar-refractivity contribution is 9.10. The summed E-state index contributed by atoms with van der Waals surface area (Å²) in [6.45, 7) is 14.2. The second kappa shape index (κ2) is 3.74. The molecule has 0 fully saturated rings. The number of fused-ring (bicyclic) bond motifs is 1. The Bertz CT molecular complexity index is 467. The van der Waals surface area contributed by atoms with Crippen molar-refractivity contribution in [1.29, 1.82) is 0 Å². The Labute approximate surface area is 113 Å².